The first-order valence-corrected chi connectivity index (χ1v) is 4.26. The topological polar surface area (TPSA) is 55.0 Å². The summed E-state index contributed by atoms with van der Waals surface area (Å²) in [6.45, 7) is 1.83. The summed E-state index contributed by atoms with van der Waals surface area (Å²) in [4.78, 5) is 11.4. The van der Waals surface area contributed by atoms with Crippen LogP contribution in [0.5, 0.6) is 5.75 Å². The van der Waals surface area contributed by atoms with E-state index in [-0.39, 0.29) is 5.56 Å². The highest BCUT2D eigenvalue weighted by Crippen LogP contribution is 2.24. The first-order valence-electron chi connectivity index (χ1n) is 4.26. The minimum atomic E-state index is -0.190. The van der Waals surface area contributed by atoms with E-state index >= 15 is 0 Å². The summed E-state index contributed by atoms with van der Waals surface area (Å²) < 4.78 is 5.17. The van der Waals surface area contributed by atoms with Gasteiger partial charge in [0.25, 0.3) is 5.56 Å². The molecule has 0 saturated carbocycles. The maximum atomic E-state index is 11.4. The monoisotopic (exact) mass is 190 g/mol. The molecule has 0 spiro atoms. The molecule has 72 valence electrons. The molecule has 0 aliphatic carbocycles. The van der Waals surface area contributed by atoms with Gasteiger partial charge < -0.3 is 4.74 Å². The maximum Gasteiger partial charge on any atom is 0.272 e. The van der Waals surface area contributed by atoms with Crippen LogP contribution in [0.3, 0.4) is 0 Å². The molecule has 0 saturated heterocycles. The molecule has 0 unspecified atom stereocenters. The van der Waals surface area contributed by atoms with Gasteiger partial charge in [0, 0.05) is 0 Å². The Bertz CT molecular complexity index is 531. The molecular weight excluding hydrogens is 180 g/mol. The quantitative estimate of drug-likeness (QED) is 0.736. The van der Waals surface area contributed by atoms with E-state index in [1.165, 1.54) is 0 Å². The number of methoxy groups -OCH3 is 1. The second-order valence-electron chi connectivity index (χ2n) is 3.02. The Morgan fingerprint density at radius 3 is 2.93 bits per heavy atom. The number of hydrogen-bond donors (Lipinski definition) is 1. The summed E-state index contributed by atoms with van der Waals surface area (Å²) in [5.74, 6) is 0.679. The minimum Gasteiger partial charge on any atom is -0.496 e. The molecule has 0 fully saturated rings. The Balaban J connectivity index is 2.99. The fourth-order valence-electron chi connectivity index (χ4n) is 1.51. The summed E-state index contributed by atoms with van der Waals surface area (Å²) in [6, 6.07) is 5.36. The van der Waals surface area contributed by atoms with E-state index in [2.05, 4.69) is 10.2 Å². The van der Waals surface area contributed by atoms with Crippen LogP contribution in [0.25, 0.3) is 10.8 Å². The molecule has 14 heavy (non-hydrogen) atoms. The molecular formula is C10H10N2O2. The summed E-state index contributed by atoms with van der Waals surface area (Å²) in [5, 5.41) is 7.72. The molecule has 0 aliphatic rings. The molecule has 2 rings (SSSR count). The van der Waals surface area contributed by atoms with Crippen molar-refractivity contribution in [3.8, 4) is 5.75 Å². The average Bonchev–Trinajstić information content (AvgIpc) is 2.23. The fourth-order valence-corrected chi connectivity index (χ4v) is 1.51. The van der Waals surface area contributed by atoms with E-state index in [0.717, 1.165) is 11.1 Å². The summed E-state index contributed by atoms with van der Waals surface area (Å²) >= 11 is 0. The van der Waals surface area contributed by atoms with E-state index in [9.17, 15) is 4.79 Å². The maximum absolute atomic E-state index is 11.4. The number of nitrogens with zero attached hydrogens (tertiary/aromatic N) is 1. The highest BCUT2D eigenvalue weighted by molar-refractivity contribution is 5.89. The highest BCUT2D eigenvalue weighted by Gasteiger charge is 2.07. The van der Waals surface area contributed by atoms with Crippen molar-refractivity contribution in [3.05, 3.63) is 34.2 Å². The van der Waals surface area contributed by atoms with Crippen molar-refractivity contribution in [3.63, 3.8) is 0 Å². The van der Waals surface area contributed by atoms with Gasteiger partial charge in [-0.25, -0.2) is 5.10 Å². The molecule has 1 heterocycles. The van der Waals surface area contributed by atoms with Crippen LogP contribution in [0.2, 0.25) is 0 Å². The van der Waals surface area contributed by atoms with Crippen molar-refractivity contribution >= 4 is 10.8 Å². The molecule has 0 atom stereocenters. The van der Waals surface area contributed by atoms with Gasteiger partial charge in [0.2, 0.25) is 0 Å². The molecule has 1 aromatic heterocycles. The number of hydrogen-bond acceptors (Lipinski definition) is 3. The van der Waals surface area contributed by atoms with Crippen molar-refractivity contribution in [1.29, 1.82) is 0 Å². The van der Waals surface area contributed by atoms with Gasteiger partial charge in [-0.05, 0) is 19.1 Å². The number of aryl methyl sites for hydroxylation is 1. The van der Waals surface area contributed by atoms with Crippen LogP contribution in [0.1, 0.15) is 5.69 Å². The van der Waals surface area contributed by atoms with Crippen molar-refractivity contribution in [1.82, 2.24) is 10.2 Å². The first-order chi connectivity index (χ1) is 6.74. The number of ether oxygens (including phenoxy) is 1. The van der Waals surface area contributed by atoms with Crippen molar-refractivity contribution in [2.75, 3.05) is 7.11 Å². The molecule has 1 N–H and O–H groups in total. The molecule has 0 bridgehead atoms. The third-order valence-electron chi connectivity index (χ3n) is 2.18. The van der Waals surface area contributed by atoms with E-state index in [1.54, 1.807) is 19.2 Å². The lowest BCUT2D eigenvalue weighted by molar-refractivity contribution is 0.419. The van der Waals surface area contributed by atoms with E-state index in [4.69, 9.17) is 4.74 Å². The number of H-pyrrole nitrogens is 1. The third kappa shape index (κ3) is 1.16. The van der Waals surface area contributed by atoms with Gasteiger partial charge >= 0.3 is 0 Å². The smallest absolute Gasteiger partial charge is 0.272 e. The molecule has 1 aromatic carbocycles. The molecule has 4 nitrogen and oxygen atoms in total. The highest BCUT2D eigenvalue weighted by atomic mass is 16.5. The zero-order chi connectivity index (χ0) is 10.1. The van der Waals surface area contributed by atoms with Crippen molar-refractivity contribution < 1.29 is 4.74 Å². The Morgan fingerprint density at radius 2 is 2.21 bits per heavy atom. The fraction of sp³-hybridized carbons (Fsp3) is 0.200. The van der Waals surface area contributed by atoms with Gasteiger partial charge in [0.15, 0.2) is 0 Å². The summed E-state index contributed by atoms with van der Waals surface area (Å²) in [5.41, 5.74) is 0.571. The number of aromatic nitrogens is 2. The second-order valence-corrected chi connectivity index (χ2v) is 3.02. The standard InChI is InChI=1S/C10H10N2O2/c1-6-9-7(10(13)12-11-6)4-3-5-8(9)14-2/h3-5H,1-2H3,(H,12,13). The van der Waals surface area contributed by atoms with Gasteiger partial charge in [-0.1, -0.05) is 6.07 Å². The normalized spacial score (nSPS) is 10.4. The van der Waals surface area contributed by atoms with Gasteiger partial charge in [-0.15, -0.1) is 0 Å². The molecule has 0 aliphatic heterocycles. The average molecular weight is 190 g/mol. The van der Waals surface area contributed by atoms with E-state index < -0.39 is 0 Å². The summed E-state index contributed by atoms with van der Waals surface area (Å²) in [7, 11) is 1.58. The Hall–Kier alpha value is -1.84. The van der Waals surface area contributed by atoms with Crippen LogP contribution in [0.15, 0.2) is 23.0 Å². The summed E-state index contributed by atoms with van der Waals surface area (Å²) in [6.07, 6.45) is 0. The zero-order valence-electron chi connectivity index (χ0n) is 8.00. The molecule has 4 heteroatoms. The van der Waals surface area contributed by atoms with Crippen LogP contribution >= 0.6 is 0 Å². The predicted octanol–water partition coefficient (Wildman–Crippen LogP) is 1.24. The van der Waals surface area contributed by atoms with Crippen molar-refractivity contribution in [2.45, 2.75) is 6.92 Å². The van der Waals surface area contributed by atoms with Gasteiger partial charge in [0.05, 0.1) is 23.6 Å². The number of fused-ring (bicyclic) bond motifs is 1. The van der Waals surface area contributed by atoms with Crippen molar-refractivity contribution in [2.24, 2.45) is 0 Å². The molecule has 0 amide bonds. The lowest BCUT2D eigenvalue weighted by Crippen LogP contribution is -2.09. The Morgan fingerprint density at radius 1 is 1.43 bits per heavy atom. The van der Waals surface area contributed by atoms with E-state index in [1.807, 2.05) is 13.0 Å². The largest absolute Gasteiger partial charge is 0.496 e. The first kappa shape index (κ1) is 8.74. The number of rotatable bonds is 1. The third-order valence-corrected chi connectivity index (χ3v) is 2.18. The lowest BCUT2D eigenvalue weighted by Gasteiger charge is -2.05. The number of benzene rings is 1. The van der Waals surface area contributed by atoms with Gasteiger partial charge in [-0.3, -0.25) is 4.79 Å². The van der Waals surface area contributed by atoms with Crippen LogP contribution in [-0.4, -0.2) is 17.3 Å². The van der Waals surface area contributed by atoms with Crippen LogP contribution < -0.4 is 10.3 Å². The van der Waals surface area contributed by atoms with Gasteiger partial charge in [0.1, 0.15) is 5.75 Å². The van der Waals surface area contributed by atoms with Crippen LogP contribution in [-0.2, 0) is 0 Å². The Kier molecular flexibility index (Phi) is 1.96. The minimum absolute atomic E-state index is 0.190. The number of nitrogens with one attached hydrogen (secondary N) is 1. The molecule has 0 radical (unpaired) electrons. The van der Waals surface area contributed by atoms with Crippen LogP contribution in [0, 0.1) is 6.92 Å². The second kappa shape index (κ2) is 3.14. The van der Waals surface area contributed by atoms with E-state index in [0.29, 0.717) is 11.1 Å². The zero-order valence-corrected chi connectivity index (χ0v) is 8.00. The number of aromatic amines is 1. The molecule has 2 aromatic rings. The lowest BCUT2D eigenvalue weighted by atomic mass is 10.1. The van der Waals surface area contributed by atoms with Crippen LogP contribution in [0.4, 0.5) is 0 Å². The predicted molar refractivity (Wildman–Crippen MR) is 53.7 cm³/mol. The SMILES string of the molecule is COc1cccc2c(=O)[nH]nc(C)c12. The Labute approximate surface area is 80.5 Å². The van der Waals surface area contributed by atoms with Gasteiger partial charge in [-0.2, -0.15) is 5.10 Å².